The topological polar surface area (TPSA) is 54.7 Å². The highest BCUT2D eigenvalue weighted by molar-refractivity contribution is 5.19. The molecule has 0 aliphatic rings. The number of nitrogen functional groups attached to an aromatic ring is 1. The molecule has 0 spiro atoms. The highest BCUT2D eigenvalue weighted by Crippen LogP contribution is 2.37. The number of halogens is 5. The van der Waals surface area contributed by atoms with Gasteiger partial charge in [0.1, 0.15) is 0 Å². The average Bonchev–Trinajstić information content (AvgIpc) is 2.31. The maximum absolute atomic E-state index is 12.4. The number of nitrogens with zero attached hydrogens (tertiary/aromatic N) is 1. The van der Waals surface area contributed by atoms with Crippen molar-refractivity contribution in [3.05, 3.63) is 11.9 Å². The largest absolute Gasteiger partial charge is 0.453 e. The van der Waals surface area contributed by atoms with Crippen LogP contribution in [0.1, 0.15) is 5.69 Å². The van der Waals surface area contributed by atoms with Crippen LogP contribution in [-0.4, -0.2) is 22.1 Å². The zero-order valence-corrected chi connectivity index (χ0v) is 6.70. The summed E-state index contributed by atoms with van der Waals surface area (Å²) in [5.41, 5.74) is 4.66. The van der Waals surface area contributed by atoms with Gasteiger partial charge in [-0.2, -0.15) is 22.0 Å². The number of alkyl halides is 5. The van der Waals surface area contributed by atoms with Gasteiger partial charge in [-0.1, -0.05) is 0 Å². The van der Waals surface area contributed by atoms with Crippen molar-refractivity contribution in [2.75, 3.05) is 5.73 Å². The molecule has 0 unspecified atom stereocenters. The van der Waals surface area contributed by atoms with Crippen molar-refractivity contribution in [1.29, 1.82) is 0 Å². The molecular formula is C6H6F5N3. The summed E-state index contributed by atoms with van der Waals surface area (Å²) in [5.74, 6) is -4.97. The van der Waals surface area contributed by atoms with Crippen molar-refractivity contribution >= 4 is 5.95 Å². The smallest absolute Gasteiger partial charge is 0.369 e. The lowest BCUT2D eigenvalue weighted by atomic mass is 10.2. The van der Waals surface area contributed by atoms with E-state index in [-0.39, 0.29) is 11.6 Å². The van der Waals surface area contributed by atoms with Gasteiger partial charge in [0, 0.05) is 5.69 Å². The van der Waals surface area contributed by atoms with Gasteiger partial charge in [0.15, 0.2) is 5.95 Å². The molecule has 0 aliphatic carbocycles. The van der Waals surface area contributed by atoms with Gasteiger partial charge in [-0.3, -0.25) is 0 Å². The van der Waals surface area contributed by atoms with Crippen molar-refractivity contribution in [3.63, 3.8) is 0 Å². The molecule has 0 radical (unpaired) electrons. The van der Waals surface area contributed by atoms with Gasteiger partial charge in [-0.05, 0) is 0 Å². The van der Waals surface area contributed by atoms with E-state index in [1.165, 1.54) is 0 Å². The van der Waals surface area contributed by atoms with Crippen LogP contribution in [0.15, 0.2) is 6.20 Å². The summed E-state index contributed by atoms with van der Waals surface area (Å²) in [4.78, 5) is 5.40. The number of hydrogen-bond acceptors (Lipinski definition) is 2. The Morgan fingerprint density at radius 2 is 1.86 bits per heavy atom. The number of nitrogens with two attached hydrogens (primary N) is 1. The Hall–Kier alpha value is -1.34. The summed E-state index contributed by atoms with van der Waals surface area (Å²) in [5, 5.41) is 0. The third-order valence-electron chi connectivity index (χ3n) is 1.48. The van der Waals surface area contributed by atoms with E-state index >= 15 is 0 Å². The number of hydrogen-bond donors (Lipinski definition) is 2. The van der Waals surface area contributed by atoms with Crippen LogP contribution in [0.4, 0.5) is 27.9 Å². The van der Waals surface area contributed by atoms with Crippen molar-refractivity contribution < 1.29 is 22.0 Å². The maximum atomic E-state index is 12.4. The molecule has 3 N–H and O–H groups in total. The summed E-state index contributed by atoms with van der Waals surface area (Å²) in [7, 11) is 0. The Labute approximate surface area is 75.1 Å². The van der Waals surface area contributed by atoms with Gasteiger partial charge in [0.05, 0.1) is 12.6 Å². The predicted octanol–water partition coefficient (Wildman–Crippen LogP) is 1.73. The Morgan fingerprint density at radius 1 is 1.29 bits per heavy atom. The fourth-order valence-electron chi connectivity index (χ4n) is 0.806. The molecule has 1 aromatic rings. The summed E-state index contributed by atoms with van der Waals surface area (Å²) in [6.45, 7) is 0. The van der Waals surface area contributed by atoms with E-state index in [0.717, 1.165) is 6.20 Å². The Kier molecular flexibility index (Phi) is 2.38. The van der Waals surface area contributed by atoms with E-state index in [1.807, 2.05) is 0 Å². The van der Waals surface area contributed by atoms with Crippen molar-refractivity contribution in [2.45, 2.75) is 18.5 Å². The molecule has 0 aromatic carbocycles. The molecule has 80 valence electrons. The molecule has 8 heteroatoms. The monoisotopic (exact) mass is 215 g/mol. The van der Waals surface area contributed by atoms with Gasteiger partial charge in [-0.15, -0.1) is 0 Å². The summed E-state index contributed by atoms with van der Waals surface area (Å²) in [6, 6.07) is 0. The van der Waals surface area contributed by atoms with Gasteiger partial charge < -0.3 is 10.7 Å². The van der Waals surface area contributed by atoms with Crippen LogP contribution in [0, 0.1) is 0 Å². The molecule has 0 amide bonds. The highest BCUT2D eigenvalue weighted by atomic mass is 19.4. The van der Waals surface area contributed by atoms with Gasteiger partial charge in [0.2, 0.25) is 0 Å². The molecule has 0 atom stereocenters. The number of imidazole rings is 1. The summed E-state index contributed by atoms with van der Waals surface area (Å²) < 4.78 is 60.0. The number of nitrogens with one attached hydrogen (secondary N) is 1. The van der Waals surface area contributed by atoms with Crippen LogP contribution < -0.4 is 5.73 Å². The standard InChI is InChI=1S/C6H6F5N3/c7-5(8,6(9,10)11)1-3-2-13-4(12)14-3/h2H,1H2,(H3,12,13,14). The fraction of sp³-hybridized carbons (Fsp3) is 0.500. The quantitative estimate of drug-likeness (QED) is 0.738. The molecule has 3 nitrogen and oxygen atoms in total. The normalized spacial score (nSPS) is 13.2. The molecular weight excluding hydrogens is 209 g/mol. The lowest BCUT2D eigenvalue weighted by molar-refractivity contribution is -0.281. The first-order valence-electron chi connectivity index (χ1n) is 3.46. The minimum atomic E-state index is -5.56. The molecule has 0 fully saturated rings. The number of aromatic nitrogens is 2. The maximum Gasteiger partial charge on any atom is 0.453 e. The van der Waals surface area contributed by atoms with Gasteiger partial charge >= 0.3 is 12.1 Å². The summed E-state index contributed by atoms with van der Waals surface area (Å²) in [6.07, 6.45) is -6.21. The summed E-state index contributed by atoms with van der Waals surface area (Å²) >= 11 is 0. The molecule has 0 saturated heterocycles. The minimum Gasteiger partial charge on any atom is -0.369 e. The number of rotatable bonds is 2. The van der Waals surface area contributed by atoms with Crippen LogP contribution in [0.3, 0.4) is 0 Å². The Bertz CT molecular complexity index is 316. The molecule has 1 rings (SSSR count). The molecule has 0 aliphatic heterocycles. The first-order chi connectivity index (χ1) is 6.22. The lowest BCUT2D eigenvalue weighted by Gasteiger charge is -2.18. The third-order valence-corrected chi connectivity index (χ3v) is 1.48. The highest BCUT2D eigenvalue weighted by Gasteiger charge is 2.57. The second-order valence-corrected chi connectivity index (χ2v) is 2.67. The number of aromatic amines is 1. The molecule has 1 heterocycles. The molecule has 1 aromatic heterocycles. The van der Waals surface area contributed by atoms with Crippen LogP contribution in [0.25, 0.3) is 0 Å². The Morgan fingerprint density at radius 3 is 2.21 bits per heavy atom. The lowest BCUT2D eigenvalue weighted by Crippen LogP contribution is -2.38. The van der Waals surface area contributed by atoms with Gasteiger partial charge in [0.25, 0.3) is 0 Å². The van der Waals surface area contributed by atoms with Crippen molar-refractivity contribution in [1.82, 2.24) is 9.97 Å². The SMILES string of the molecule is Nc1ncc(CC(F)(F)C(F)(F)F)[nH]1. The number of H-pyrrole nitrogens is 1. The van der Waals surface area contributed by atoms with E-state index < -0.39 is 18.5 Å². The van der Waals surface area contributed by atoms with Crippen LogP contribution >= 0.6 is 0 Å². The molecule has 0 bridgehead atoms. The van der Waals surface area contributed by atoms with E-state index in [2.05, 4.69) is 9.97 Å². The van der Waals surface area contributed by atoms with Gasteiger partial charge in [-0.25, -0.2) is 4.98 Å². The average molecular weight is 215 g/mol. The number of anilines is 1. The van der Waals surface area contributed by atoms with Crippen molar-refractivity contribution in [3.8, 4) is 0 Å². The first kappa shape index (κ1) is 10.7. The third kappa shape index (κ3) is 2.12. The zero-order chi connectivity index (χ0) is 11.0. The zero-order valence-electron chi connectivity index (χ0n) is 6.70. The van der Waals surface area contributed by atoms with Crippen LogP contribution in [0.2, 0.25) is 0 Å². The van der Waals surface area contributed by atoms with E-state index in [4.69, 9.17) is 5.73 Å². The molecule has 0 saturated carbocycles. The second-order valence-electron chi connectivity index (χ2n) is 2.67. The van der Waals surface area contributed by atoms with E-state index in [9.17, 15) is 22.0 Å². The minimum absolute atomic E-state index is 0.196. The van der Waals surface area contributed by atoms with E-state index in [0.29, 0.717) is 0 Å². The second kappa shape index (κ2) is 3.10. The van der Waals surface area contributed by atoms with Crippen molar-refractivity contribution in [2.24, 2.45) is 0 Å². The van der Waals surface area contributed by atoms with E-state index in [1.54, 1.807) is 0 Å². The van der Waals surface area contributed by atoms with Crippen LogP contribution in [-0.2, 0) is 6.42 Å². The molecule has 14 heavy (non-hydrogen) atoms. The predicted molar refractivity (Wildman–Crippen MR) is 37.7 cm³/mol. The van der Waals surface area contributed by atoms with Crippen LogP contribution in [0.5, 0.6) is 0 Å². The Balaban J connectivity index is 2.78. The first-order valence-corrected chi connectivity index (χ1v) is 3.46. The fourth-order valence-corrected chi connectivity index (χ4v) is 0.806.